The summed E-state index contributed by atoms with van der Waals surface area (Å²) in [6, 6.07) is 10.3. The Kier molecular flexibility index (Phi) is 5.58. The highest BCUT2D eigenvalue weighted by molar-refractivity contribution is 5.95. The lowest BCUT2D eigenvalue weighted by Gasteiger charge is -2.07. The maximum absolute atomic E-state index is 11.9. The van der Waals surface area contributed by atoms with Crippen LogP contribution in [0.2, 0.25) is 0 Å². The normalized spacial score (nSPS) is 10.7. The average Bonchev–Trinajstić information content (AvgIpc) is 2.50. The lowest BCUT2D eigenvalue weighted by Crippen LogP contribution is -2.11. The van der Waals surface area contributed by atoms with Gasteiger partial charge in [0.05, 0.1) is 12.2 Å². The average molecular weight is 288 g/mol. The van der Waals surface area contributed by atoms with Crippen LogP contribution in [0.5, 0.6) is 5.75 Å². The zero-order valence-electron chi connectivity index (χ0n) is 12.2. The highest BCUT2D eigenvalue weighted by Crippen LogP contribution is 2.21. The third kappa shape index (κ3) is 4.46. The predicted molar refractivity (Wildman–Crippen MR) is 81.6 cm³/mol. The minimum atomic E-state index is -0.357. The van der Waals surface area contributed by atoms with Crippen molar-refractivity contribution in [3.05, 3.63) is 42.0 Å². The van der Waals surface area contributed by atoms with E-state index in [1.54, 1.807) is 36.4 Å². The standard InChI is InChI=1S/C17H20O4/c1-2-3-8-20-9-10-21-17(19)15-5-4-14-12-16(18)7-6-13(14)11-15/h4-7,11-12,18H,2-3,8-10H2,1H3. The highest BCUT2D eigenvalue weighted by atomic mass is 16.6. The molecule has 0 fully saturated rings. The number of rotatable bonds is 7. The molecule has 2 rings (SSSR count). The van der Waals surface area contributed by atoms with E-state index in [0.717, 1.165) is 23.6 Å². The van der Waals surface area contributed by atoms with Crippen molar-refractivity contribution in [3.8, 4) is 5.75 Å². The Morgan fingerprint density at radius 3 is 2.62 bits per heavy atom. The molecule has 0 heterocycles. The van der Waals surface area contributed by atoms with Gasteiger partial charge in [-0.25, -0.2) is 4.79 Å². The fourth-order valence-electron chi connectivity index (χ4n) is 1.99. The molecule has 4 heteroatoms. The van der Waals surface area contributed by atoms with E-state index in [-0.39, 0.29) is 18.3 Å². The van der Waals surface area contributed by atoms with E-state index in [4.69, 9.17) is 9.47 Å². The van der Waals surface area contributed by atoms with Gasteiger partial charge in [-0.1, -0.05) is 25.5 Å². The second-order valence-corrected chi connectivity index (χ2v) is 4.85. The number of esters is 1. The SMILES string of the molecule is CCCCOCCOC(=O)c1ccc2cc(O)ccc2c1. The van der Waals surface area contributed by atoms with Crippen LogP contribution in [0, 0.1) is 0 Å². The predicted octanol–water partition coefficient (Wildman–Crippen LogP) is 3.52. The number of ether oxygens (including phenoxy) is 2. The molecule has 0 atom stereocenters. The molecule has 4 nitrogen and oxygen atoms in total. The van der Waals surface area contributed by atoms with Crippen molar-refractivity contribution >= 4 is 16.7 Å². The van der Waals surface area contributed by atoms with Crippen molar-refractivity contribution in [2.75, 3.05) is 19.8 Å². The quantitative estimate of drug-likeness (QED) is 0.625. The molecule has 0 aromatic heterocycles. The van der Waals surface area contributed by atoms with Gasteiger partial charge in [-0.05, 0) is 41.5 Å². The van der Waals surface area contributed by atoms with Gasteiger partial charge in [-0.2, -0.15) is 0 Å². The first kappa shape index (κ1) is 15.3. The maximum Gasteiger partial charge on any atom is 0.338 e. The number of phenols is 1. The Bertz CT molecular complexity index is 607. The van der Waals surface area contributed by atoms with E-state index in [9.17, 15) is 9.90 Å². The van der Waals surface area contributed by atoms with E-state index < -0.39 is 0 Å². The zero-order valence-corrected chi connectivity index (χ0v) is 12.2. The third-order valence-electron chi connectivity index (χ3n) is 3.16. The molecule has 0 aliphatic heterocycles. The molecule has 1 N–H and O–H groups in total. The molecule has 2 aromatic rings. The van der Waals surface area contributed by atoms with Gasteiger partial charge in [-0.3, -0.25) is 0 Å². The summed E-state index contributed by atoms with van der Waals surface area (Å²) in [5, 5.41) is 11.2. The van der Waals surface area contributed by atoms with E-state index in [0.29, 0.717) is 18.8 Å². The second kappa shape index (κ2) is 7.64. The molecule has 112 valence electrons. The Morgan fingerprint density at radius 2 is 1.81 bits per heavy atom. The van der Waals surface area contributed by atoms with Crippen LogP contribution in [0.25, 0.3) is 10.8 Å². The third-order valence-corrected chi connectivity index (χ3v) is 3.16. The molecule has 2 aromatic carbocycles. The summed E-state index contributed by atoms with van der Waals surface area (Å²) in [5.74, 6) is -0.147. The van der Waals surface area contributed by atoms with E-state index in [2.05, 4.69) is 6.92 Å². The Balaban J connectivity index is 1.89. The molecule has 0 aliphatic rings. The number of aromatic hydroxyl groups is 1. The van der Waals surface area contributed by atoms with E-state index in [1.165, 1.54) is 0 Å². The largest absolute Gasteiger partial charge is 0.508 e. The number of hydrogen-bond donors (Lipinski definition) is 1. The van der Waals surface area contributed by atoms with Crippen molar-refractivity contribution in [3.63, 3.8) is 0 Å². The van der Waals surface area contributed by atoms with Crippen LogP contribution >= 0.6 is 0 Å². The smallest absolute Gasteiger partial charge is 0.338 e. The number of unbranched alkanes of at least 4 members (excludes halogenated alkanes) is 1. The molecule has 21 heavy (non-hydrogen) atoms. The first-order valence-corrected chi connectivity index (χ1v) is 7.18. The van der Waals surface area contributed by atoms with Gasteiger partial charge in [0.1, 0.15) is 12.4 Å². The van der Waals surface area contributed by atoms with Gasteiger partial charge in [-0.15, -0.1) is 0 Å². The number of phenolic OH excluding ortho intramolecular Hbond substituents is 1. The summed E-state index contributed by atoms with van der Waals surface area (Å²) in [5.41, 5.74) is 0.502. The van der Waals surface area contributed by atoms with Crippen LogP contribution in [0.1, 0.15) is 30.1 Å². The number of carbonyl (C=O) groups is 1. The first-order valence-electron chi connectivity index (χ1n) is 7.18. The summed E-state index contributed by atoms with van der Waals surface area (Å²) in [6.45, 7) is 3.49. The van der Waals surface area contributed by atoms with Gasteiger partial charge in [0, 0.05) is 6.61 Å². The van der Waals surface area contributed by atoms with Crippen molar-refractivity contribution in [1.29, 1.82) is 0 Å². The van der Waals surface area contributed by atoms with Crippen molar-refractivity contribution in [2.45, 2.75) is 19.8 Å². The second-order valence-electron chi connectivity index (χ2n) is 4.85. The number of carbonyl (C=O) groups excluding carboxylic acids is 1. The van der Waals surface area contributed by atoms with Gasteiger partial charge in [0.15, 0.2) is 0 Å². The van der Waals surface area contributed by atoms with Crippen LogP contribution in [0.4, 0.5) is 0 Å². The molecule has 0 unspecified atom stereocenters. The molecule has 0 bridgehead atoms. The van der Waals surface area contributed by atoms with Crippen molar-refractivity contribution < 1.29 is 19.4 Å². The van der Waals surface area contributed by atoms with Crippen LogP contribution in [-0.4, -0.2) is 30.9 Å². The molecule has 0 spiro atoms. The Labute approximate surface area is 124 Å². The van der Waals surface area contributed by atoms with E-state index in [1.807, 2.05) is 0 Å². The summed E-state index contributed by atoms with van der Waals surface area (Å²) >= 11 is 0. The lowest BCUT2D eigenvalue weighted by atomic mass is 10.1. The molecule has 0 saturated carbocycles. The van der Waals surface area contributed by atoms with Gasteiger partial charge >= 0.3 is 5.97 Å². The van der Waals surface area contributed by atoms with Gasteiger partial charge < -0.3 is 14.6 Å². The number of benzene rings is 2. The minimum Gasteiger partial charge on any atom is -0.508 e. The molecule has 0 aliphatic carbocycles. The minimum absolute atomic E-state index is 0.210. The molecular formula is C17H20O4. The lowest BCUT2D eigenvalue weighted by molar-refractivity contribution is 0.0314. The maximum atomic E-state index is 11.9. The van der Waals surface area contributed by atoms with Crippen LogP contribution in [-0.2, 0) is 9.47 Å². The molecule has 0 saturated heterocycles. The van der Waals surface area contributed by atoms with Crippen molar-refractivity contribution in [1.82, 2.24) is 0 Å². The molecule has 0 amide bonds. The highest BCUT2D eigenvalue weighted by Gasteiger charge is 2.08. The Hall–Kier alpha value is -2.07. The fourth-order valence-corrected chi connectivity index (χ4v) is 1.99. The van der Waals surface area contributed by atoms with Gasteiger partial charge in [0.25, 0.3) is 0 Å². The summed E-state index contributed by atoms with van der Waals surface area (Å²) in [7, 11) is 0. The topological polar surface area (TPSA) is 55.8 Å². The monoisotopic (exact) mass is 288 g/mol. The fraction of sp³-hybridized carbons (Fsp3) is 0.353. The number of fused-ring (bicyclic) bond motifs is 1. The van der Waals surface area contributed by atoms with Crippen LogP contribution in [0.15, 0.2) is 36.4 Å². The summed E-state index contributed by atoms with van der Waals surface area (Å²) in [4.78, 5) is 11.9. The van der Waals surface area contributed by atoms with E-state index >= 15 is 0 Å². The van der Waals surface area contributed by atoms with Crippen molar-refractivity contribution in [2.24, 2.45) is 0 Å². The first-order chi connectivity index (χ1) is 10.2. The van der Waals surface area contributed by atoms with Crippen LogP contribution < -0.4 is 0 Å². The molecule has 0 radical (unpaired) electrons. The number of hydrogen-bond acceptors (Lipinski definition) is 4. The zero-order chi connectivity index (χ0) is 15.1. The summed E-state index contributed by atoms with van der Waals surface area (Å²) < 4.78 is 10.5. The summed E-state index contributed by atoms with van der Waals surface area (Å²) in [6.07, 6.45) is 2.11. The Morgan fingerprint density at radius 1 is 1.05 bits per heavy atom. The van der Waals surface area contributed by atoms with Gasteiger partial charge in [0.2, 0.25) is 0 Å². The van der Waals surface area contributed by atoms with Crippen LogP contribution in [0.3, 0.4) is 0 Å². The molecular weight excluding hydrogens is 268 g/mol.